The number of halogens is 2. The van der Waals surface area contributed by atoms with Gasteiger partial charge in [-0.15, -0.1) is 0 Å². The van der Waals surface area contributed by atoms with E-state index in [9.17, 15) is 4.39 Å². The van der Waals surface area contributed by atoms with Crippen LogP contribution in [0.3, 0.4) is 0 Å². The molecule has 0 saturated carbocycles. The summed E-state index contributed by atoms with van der Waals surface area (Å²) in [6.45, 7) is 2.95. The fourth-order valence-electron chi connectivity index (χ4n) is 4.56. The second-order valence-corrected chi connectivity index (χ2v) is 8.47. The maximum Gasteiger partial charge on any atom is 0.181 e. The Morgan fingerprint density at radius 3 is 2.60 bits per heavy atom. The molecule has 35 heavy (non-hydrogen) atoms. The number of anilines is 1. The first-order chi connectivity index (χ1) is 17.1. The molecule has 0 radical (unpaired) electrons. The van der Waals surface area contributed by atoms with Gasteiger partial charge in [0.05, 0.1) is 36.4 Å². The molecule has 1 fully saturated rings. The lowest BCUT2D eigenvalue weighted by Gasteiger charge is -2.29. The van der Waals surface area contributed by atoms with E-state index in [4.69, 9.17) is 4.74 Å². The first-order valence-corrected chi connectivity index (χ1v) is 11.2. The number of ether oxygens (including phenoxy) is 1. The maximum atomic E-state index is 15.1. The van der Waals surface area contributed by atoms with Gasteiger partial charge in [0.15, 0.2) is 5.65 Å². The van der Waals surface area contributed by atoms with Gasteiger partial charge in [-0.05, 0) is 29.8 Å². The van der Waals surface area contributed by atoms with E-state index in [1.165, 1.54) is 18.7 Å². The molecule has 1 aliphatic heterocycles. The zero-order chi connectivity index (χ0) is 23.9. The fourth-order valence-corrected chi connectivity index (χ4v) is 4.56. The molecular formula is C25H21F2N7O. The van der Waals surface area contributed by atoms with Gasteiger partial charge in [-0.1, -0.05) is 0 Å². The number of nitrogens with zero attached hydrogens (tertiary/aromatic N) is 7. The van der Waals surface area contributed by atoms with Crippen LogP contribution < -0.4 is 4.90 Å². The monoisotopic (exact) mass is 473 g/mol. The average Bonchev–Trinajstić information content (AvgIpc) is 3.27. The Kier molecular flexibility index (Phi) is 5.29. The molecule has 4 heterocycles. The van der Waals surface area contributed by atoms with Crippen LogP contribution in [0.2, 0.25) is 0 Å². The number of benzene rings is 2. The fraction of sp³-hybridized carbons (Fsp3) is 0.240. The summed E-state index contributed by atoms with van der Waals surface area (Å²) < 4.78 is 37.2. The molecule has 10 heteroatoms. The van der Waals surface area contributed by atoms with Crippen molar-refractivity contribution in [1.82, 2.24) is 29.5 Å². The predicted molar refractivity (Wildman–Crippen MR) is 127 cm³/mol. The Labute approximate surface area is 199 Å². The quantitative estimate of drug-likeness (QED) is 0.394. The number of aromatic nitrogens is 6. The largest absolute Gasteiger partial charge is 0.378 e. The van der Waals surface area contributed by atoms with Gasteiger partial charge in [-0.25, -0.2) is 33.7 Å². The van der Waals surface area contributed by atoms with Crippen molar-refractivity contribution in [1.29, 1.82) is 0 Å². The maximum absolute atomic E-state index is 15.1. The summed E-state index contributed by atoms with van der Waals surface area (Å²) in [5.41, 5.74) is 4.48. The number of hydrogen-bond donors (Lipinski definition) is 0. The van der Waals surface area contributed by atoms with E-state index < -0.39 is 11.6 Å². The minimum absolute atomic E-state index is 0.155. The Morgan fingerprint density at radius 2 is 1.74 bits per heavy atom. The number of fused-ring (bicyclic) bond motifs is 2. The summed E-state index contributed by atoms with van der Waals surface area (Å²) in [6, 6.07) is 8.24. The summed E-state index contributed by atoms with van der Waals surface area (Å²) in [4.78, 5) is 23.7. The molecule has 2 aromatic carbocycles. The van der Waals surface area contributed by atoms with Crippen LogP contribution in [0.25, 0.3) is 33.3 Å². The second-order valence-electron chi connectivity index (χ2n) is 8.47. The SMILES string of the molecule is Cn1cnc2ncnc(Cc3cc(-c4ncnc5cc(N6CCOCC6)ccc45)c(F)cc3F)c21. The van der Waals surface area contributed by atoms with Crippen molar-refractivity contribution in [2.24, 2.45) is 7.05 Å². The van der Waals surface area contributed by atoms with Crippen molar-refractivity contribution < 1.29 is 13.5 Å². The van der Waals surface area contributed by atoms with Gasteiger partial charge >= 0.3 is 0 Å². The molecule has 1 saturated heterocycles. The Balaban J connectivity index is 1.42. The van der Waals surface area contributed by atoms with Crippen LogP contribution in [-0.4, -0.2) is 55.8 Å². The number of imidazole rings is 1. The molecule has 0 atom stereocenters. The molecule has 0 aliphatic carbocycles. The molecule has 1 aliphatic rings. The molecule has 0 N–H and O–H groups in total. The topological polar surface area (TPSA) is 81.8 Å². The summed E-state index contributed by atoms with van der Waals surface area (Å²) in [5.74, 6) is -1.33. The van der Waals surface area contributed by atoms with E-state index in [0.29, 0.717) is 52.2 Å². The minimum Gasteiger partial charge on any atom is -0.378 e. The van der Waals surface area contributed by atoms with E-state index >= 15 is 4.39 Å². The summed E-state index contributed by atoms with van der Waals surface area (Å²) in [7, 11) is 1.83. The zero-order valence-electron chi connectivity index (χ0n) is 18.9. The lowest BCUT2D eigenvalue weighted by Crippen LogP contribution is -2.36. The number of rotatable bonds is 4. The van der Waals surface area contributed by atoms with Crippen molar-refractivity contribution in [3.8, 4) is 11.3 Å². The molecule has 0 unspecified atom stereocenters. The second kappa shape index (κ2) is 8.62. The van der Waals surface area contributed by atoms with Crippen molar-refractivity contribution in [3.05, 3.63) is 72.2 Å². The van der Waals surface area contributed by atoms with Crippen LogP contribution in [0.15, 0.2) is 49.3 Å². The molecule has 0 spiro atoms. The normalized spacial score (nSPS) is 14.2. The third-order valence-electron chi connectivity index (χ3n) is 6.33. The van der Waals surface area contributed by atoms with E-state index in [1.807, 2.05) is 25.2 Å². The van der Waals surface area contributed by atoms with Crippen LogP contribution in [-0.2, 0) is 18.2 Å². The predicted octanol–water partition coefficient (Wildman–Crippen LogP) is 3.68. The first-order valence-electron chi connectivity index (χ1n) is 11.2. The smallest absolute Gasteiger partial charge is 0.181 e. The van der Waals surface area contributed by atoms with Crippen LogP contribution >= 0.6 is 0 Å². The van der Waals surface area contributed by atoms with Crippen LogP contribution in [0.1, 0.15) is 11.3 Å². The standard InChI is InChI=1S/C25H21F2N7O/c1-33-14-32-25-24(33)22(29-13-31-25)9-15-8-18(20(27)11-19(15)26)23-17-3-2-16(10-21(17)28-12-30-23)34-4-6-35-7-5-34/h2-3,8,10-14H,4-7,9H2,1H3. The van der Waals surface area contributed by atoms with Crippen molar-refractivity contribution in [2.75, 3.05) is 31.2 Å². The van der Waals surface area contributed by atoms with E-state index in [2.05, 4.69) is 29.8 Å². The molecular weight excluding hydrogens is 452 g/mol. The lowest BCUT2D eigenvalue weighted by molar-refractivity contribution is 0.122. The Morgan fingerprint density at radius 1 is 0.914 bits per heavy atom. The van der Waals surface area contributed by atoms with Crippen molar-refractivity contribution >= 4 is 27.8 Å². The molecule has 0 amide bonds. The molecule has 176 valence electrons. The summed E-state index contributed by atoms with van der Waals surface area (Å²) in [5, 5.41) is 0.692. The Bertz CT molecular complexity index is 1560. The van der Waals surface area contributed by atoms with Gasteiger partial charge in [0.25, 0.3) is 0 Å². The first kappa shape index (κ1) is 21.5. The molecule has 5 aromatic rings. The van der Waals surface area contributed by atoms with Crippen molar-refractivity contribution in [3.63, 3.8) is 0 Å². The Hall–Kier alpha value is -4.05. The number of aryl methyl sites for hydroxylation is 1. The minimum atomic E-state index is -0.683. The van der Waals surface area contributed by atoms with Gasteiger partial charge in [0.2, 0.25) is 0 Å². The van der Waals surface area contributed by atoms with Gasteiger partial charge in [-0.3, -0.25) is 0 Å². The van der Waals surface area contributed by atoms with Crippen molar-refractivity contribution in [2.45, 2.75) is 6.42 Å². The molecule has 8 nitrogen and oxygen atoms in total. The van der Waals surface area contributed by atoms with Crippen LogP contribution in [0, 0.1) is 11.6 Å². The molecule has 3 aromatic heterocycles. The summed E-state index contributed by atoms with van der Waals surface area (Å²) >= 11 is 0. The highest BCUT2D eigenvalue weighted by Crippen LogP contribution is 2.32. The zero-order valence-corrected chi connectivity index (χ0v) is 18.9. The number of morpholine rings is 1. The van der Waals surface area contributed by atoms with Crippen LogP contribution in [0.5, 0.6) is 0 Å². The van der Waals surface area contributed by atoms with Gasteiger partial charge in [0.1, 0.15) is 29.8 Å². The highest BCUT2D eigenvalue weighted by molar-refractivity contribution is 5.94. The highest BCUT2D eigenvalue weighted by Gasteiger charge is 2.19. The van der Waals surface area contributed by atoms with E-state index in [-0.39, 0.29) is 12.0 Å². The highest BCUT2D eigenvalue weighted by atomic mass is 19.1. The third-order valence-corrected chi connectivity index (χ3v) is 6.33. The van der Waals surface area contributed by atoms with E-state index in [0.717, 1.165) is 24.8 Å². The molecule has 6 rings (SSSR count). The third kappa shape index (κ3) is 3.85. The summed E-state index contributed by atoms with van der Waals surface area (Å²) in [6.07, 6.45) is 4.60. The van der Waals surface area contributed by atoms with Crippen LogP contribution in [0.4, 0.5) is 14.5 Å². The van der Waals surface area contributed by atoms with Gasteiger partial charge in [0, 0.05) is 49.3 Å². The van der Waals surface area contributed by atoms with Gasteiger partial charge in [-0.2, -0.15) is 0 Å². The average molecular weight is 473 g/mol. The van der Waals surface area contributed by atoms with E-state index in [1.54, 1.807) is 10.9 Å². The van der Waals surface area contributed by atoms with Gasteiger partial charge < -0.3 is 14.2 Å². The lowest BCUT2D eigenvalue weighted by atomic mass is 10.00. The number of hydrogen-bond acceptors (Lipinski definition) is 7. The molecule has 0 bridgehead atoms.